The molecule has 0 spiro atoms. The van der Waals surface area contributed by atoms with E-state index in [1.807, 2.05) is 35.2 Å². The first-order chi connectivity index (χ1) is 18.5. The Balaban J connectivity index is 1.10. The fraction of sp³-hybridized carbons (Fsp3) is 0.250. The van der Waals surface area contributed by atoms with Gasteiger partial charge in [-0.15, -0.1) is 11.3 Å². The van der Waals surface area contributed by atoms with Crippen LogP contribution in [0, 0.1) is 6.92 Å². The van der Waals surface area contributed by atoms with E-state index in [1.165, 1.54) is 11.3 Å². The molecule has 4 heterocycles. The van der Waals surface area contributed by atoms with E-state index in [1.54, 1.807) is 30.5 Å². The summed E-state index contributed by atoms with van der Waals surface area (Å²) in [5.41, 5.74) is 4.04. The lowest BCUT2D eigenvalue weighted by Crippen LogP contribution is -2.38. The zero-order chi connectivity index (χ0) is 26.2. The van der Waals surface area contributed by atoms with Crippen LogP contribution in [0.15, 0.2) is 58.4 Å². The third kappa shape index (κ3) is 4.47. The van der Waals surface area contributed by atoms with Crippen molar-refractivity contribution >= 4 is 34.8 Å². The van der Waals surface area contributed by atoms with E-state index < -0.39 is 0 Å². The van der Waals surface area contributed by atoms with Gasteiger partial charge in [-0.1, -0.05) is 41.6 Å². The molecule has 6 rings (SSSR count). The quantitative estimate of drug-likeness (QED) is 0.361. The van der Waals surface area contributed by atoms with Gasteiger partial charge < -0.3 is 19.5 Å². The molecule has 2 aromatic carbocycles. The van der Waals surface area contributed by atoms with Crippen LogP contribution in [0.4, 0.5) is 5.69 Å². The van der Waals surface area contributed by atoms with Crippen LogP contribution in [-0.4, -0.2) is 45.9 Å². The number of carbonyl (C=O) groups excluding carboxylic acids is 3. The summed E-state index contributed by atoms with van der Waals surface area (Å²) in [5, 5.41) is 9.59. The highest BCUT2D eigenvalue weighted by atomic mass is 32.1. The van der Waals surface area contributed by atoms with Crippen molar-refractivity contribution in [1.82, 2.24) is 15.0 Å². The average molecular weight is 529 g/mol. The molecule has 1 saturated heterocycles. The van der Waals surface area contributed by atoms with E-state index in [9.17, 15) is 14.4 Å². The zero-order valence-corrected chi connectivity index (χ0v) is 21.4. The smallest absolute Gasteiger partial charge is 0.338 e. The Morgan fingerprint density at radius 3 is 2.68 bits per heavy atom. The average Bonchev–Trinajstić information content (AvgIpc) is 3.68. The summed E-state index contributed by atoms with van der Waals surface area (Å²) in [6.07, 6.45) is 1.50. The molecule has 0 radical (unpaired) electrons. The summed E-state index contributed by atoms with van der Waals surface area (Å²) < 4.78 is 10.4. The molecule has 0 saturated carbocycles. The van der Waals surface area contributed by atoms with Gasteiger partial charge in [-0.2, -0.15) is 0 Å². The Morgan fingerprint density at radius 1 is 1.11 bits per heavy atom. The van der Waals surface area contributed by atoms with E-state index in [0.717, 1.165) is 29.0 Å². The number of hydrogen-bond donors (Lipinski definition) is 1. The Kier molecular flexibility index (Phi) is 6.24. The van der Waals surface area contributed by atoms with Crippen molar-refractivity contribution in [2.24, 2.45) is 0 Å². The number of fused-ring (bicyclic) bond motifs is 1. The van der Waals surface area contributed by atoms with Crippen molar-refractivity contribution in [3.63, 3.8) is 0 Å². The third-order valence-electron chi connectivity index (χ3n) is 6.96. The van der Waals surface area contributed by atoms with Gasteiger partial charge in [0, 0.05) is 41.2 Å². The standard InChI is InChI=1S/C28H24N4O5S/c1-16-23(24(31-37-16)17-5-3-2-4-6-17)27(34)32-11-9-18(10-12-32)26-30-22(15-38-26)25(33)29-20-8-7-19-14-36-28(35)21(19)13-20/h2-8,13,15,18H,9-12,14H2,1H3,(H,29,33). The van der Waals surface area contributed by atoms with Crippen molar-refractivity contribution in [2.45, 2.75) is 32.3 Å². The molecular formula is C28H24N4O5S. The first kappa shape index (κ1) is 24.1. The number of esters is 1. The van der Waals surface area contributed by atoms with Gasteiger partial charge >= 0.3 is 5.97 Å². The fourth-order valence-electron chi connectivity index (χ4n) is 4.87. The lowest BCUT2D eigenvalue weighted by atomic mass is 9.96. The van der Waals surface area contributed by atoms with Crippen molar-refractivity contribution < 1.29 is 23.6 Å². The highest BCUT2D eigenvalue weighted by Crippen LogP contribution is 2.33. The lowest BCUT2D eigenvalue weighted by Gasteiger charge is -2.31. The van der Waals surface area contributed by atoms with E-state index in [2.05, 4.69) is 15.5 Å². The molecule has 9 nitrogen and oxygen atoms in total. The van der Waals surface area contributed by atoms with Crippen LogP contribution in [0.3, 0.4) is 0 Å². The number of benzene rings is 2. The molecule has 2 amide bonds. The summed E-state index contributed by atoms with van der Waals surface area (Å²) >= 11 is 1.45. The number of hydrogen-bond acceptors (Lipinski definition) is 8. The van der Waals surface area contributed by atoms with Crippen molar-refractivity contribution in [3.05, 3.63) is 87.1 Å². The van der Waals surface area contributed by atoms with Gasteiger partial charge in [0.05, 0.1) is 10.6 Å². The molecule has 0 atom stereocenters. The molecule has 4 aromatic rings. The minimum absolute atomic E-state index is 0.0847. The zero-order valence-electron chi connectivity index (χ0n) is 20.6. The molecule has 0 bridgehead atoms. The maximum absolute atomic E-state index is 13.4. The van der Waals surface area contributed by atoms with Crippen LogP contribution in [0.2, 0.25) is 0 Å². The Hall–Kier alpha value is -4.31. The molecule has 0 aliphatic carbocycles. The number of anilines is 1. The summed E-state index contributed by atoms with van der Waals surface area (Å²) in [7, 11) is 0. The molecule has 38 heavy (non-hydrogen) atoms. The van der Waals surface area contributed by atoms with Crippen LogP contribution < -0.4 is 5.32 Å². The van der Waals surface area contributed by atoms with Gasteiger partial charge in [0.2, 0.25) is 0 Å². The van der Waals surface area contributed by atoms with E-state index in [0.29, 0.717) is 47.1 Å². The van der Waals surface area contributed by atoms with Gasteiger partial charge in [-0.05, 0) is 31.9 Å². The number of piperidine rings is 1. The molecular weight excluding hydrogens is 504 g/mol. The third-order valence-corrected chi connectivity index (χ3v) is 7.96. The molecule has 1 N–H and O–H groups in total. The van der Waals surface area contributed by atoms with Crippen molar-refractivity contribution in [3.8, 4) is 11.3 Å². The van der Waals surface area contributed by atoms with Crippen molar-refractivity contribution in [2.75, 3.05) is 18.4 Å². The molecule has 2 aliphatic rings. The van der Waals surface area contributed by atoms with Crippen LogP contribution in [-0.2, 0) is 11.3 Å². The van der Waals surface area contributed by atoms with Crippen LogP contribution in [0.1, 0.15) is 66.3 Å². The number of nitrogens with zero attached hydrogens (tertiary/aromatic N) is 3. The van der Waals surface area contributed by atoms with Crippen LogP contribution in [0.25, 0.3) is 11.3 Å². The fourth-order valence-corrected chi connectivity index (χ4v) is 5.84. The number of thiazole rings is 1. The Morgan fingerprint density at radius 2 is 1.89 bits per heavy atom. The van der Waals surface area contributed by atoms with Gasteiger partial charge in [-0.25, -0.2) is 9.78 Å². The van der Waals surface area contributed by atoms with E-state index in [-0.39, 0.29) is 30.3 Å². The van der Waals surface area contributed by atoms with E-state index in [4.69, 9.17) is 9.26 Å². The summed E-state index contributed by atoms with van der Waals surface area (Å²) in [6, 6.07) is 14.7. The summed E-state index contributed by atoms with van der Waals surface area (Å²) in [5.74, 6) is -0.127. The monoisotopic (exact) mass is 528 g/mol. The largest absolute Gasteiger partial charge is 0.457 e. The molecule has 2 aromatic heterocycles. The number of cyclic esters (lactones) is 1. The van der Waals surface area contributed by atoms with Gasteiger partial charge in [0.15, 0.2) is 0 Å². The second-order valence-electron chi connectivity index (χ2n) is 9.37. The van der Waals surface area contributed by atoms with Gasteiger partial charge in [0.1, 0.15) is 29.3 Å². The topological polar surface area (TPSA) is 115 Å². The first-order valence-electron chi connectivity index (χ1n) is 12.4. The molecule has 0 unspecified atom stereocenters. The Bertz CT molecular complexity index is 1540. The predicted octanol–water partition coefficient (Wildman–Crippen LogP) is 5.05. The number of rotatable bonds is 5. The number of likely N-dealkylation sites (tertiary alicyclic amines) is 1. The normalized spacial score (nSPS) is 15.3. The molecule has 192 valence electrons. The molecule has 10 heteroatoms. The number of aromatic nitrogens is 2. The SMILES string of the molecule is Cc1onc(-c2ccccc2)c1C(=O)N1CCC(c2nc(C(=O)Nc3ccc4c(c3)C(=O)OC4)cs2)CC1. The second kappa shape index (κ2) is 9.86. The maximum atomic E-state index is 13.4. The number of aryl methyl sites for hydroxylation is 1. The second-order valence-corrected chi connectivity index (χ2v) is 10.3. The predicted molar refractivity (Wildman–Crippen MR) is 140 cm³/mol. The van der Waals surface area contributed by atoms with Gasteiger partial charge in [0.25, 0.3) is 11.8 Å². The highest BCUT2D eigenvalue weighted by molar-refractivity contribution is 7.10. The lowest BCUT2D eigenvalue weighted by molar-refractivity contribution is 0.0534. The minimum atomic E-state index is -0.382. The summed E-state index contributed by atoms with van der Waals surface area (Å²) in [6.45, 7) is 3.17. The van der Waals surface area contributed by atoms with Crippen LogP contribution >= 0.6 is 11.3 Å². The number of nitrogens with one attached hydrogen (secondary N) is 1. The summed E-state index contributed by atoms with van der Waals surface area (Å²) in [4.78, 5) is 44.4. The maximum Gasteiger partial charge on any atom is 0.338 e. The molecule has 1 fully saturated rings. The van der Waals surface area contributed by atoms with Crippen LogP contribution in [0.5, 0.6) is 0 Å². The highest BCUT2D eigenvalue weighted by Gasteiger charge is 2.31. The Labute approximate surface area is 222 Å². The minimum Gasteiger partial charge on any atom is -0.457 e. The van der Waals surface area contributed by atoms with Crippen molar-refractivity contribution in [1.29, 1.82) is 0 Å². The molecule has 2 aliphatic heterocycles. The van der Waals surface area contributed by atoms with Gasteiger partial charge in [-0.3, -0.25) is 9.59 Å². The first-order valence-corrected chi connectivity index (χ1v) is 13.2. The number of amides is 2. The number of ether oxygens (including phenoxy) is 1. The van der Waals surface area contributed by atoms with E-state index >= 15 is 0 Å². The number of carbonyl (C=O) groups is 3.